The second-order valence-corrected chi connectivity index (χ2v) is 7.37. The molecule has 1 aliphatic heterocycles. The number of carbonyl (C=O) groups is 1. The van der Waals surface area contributed by atoms with Gasteiger partial charge in [0.1, 0.15) is 6.54 Å². The van der Waals surface area contributed by atoms with Crippen LogP contribution in [0.3, 0.4) is 0 Å². The van der Waals surface area contributed by atoms with E-state index in [9.17, 15) is 4.79 Å². The third kappa shape index (κ3) is 3.56. The first-order valence-electron chi connectivity index (χ1n) is 9.20. The van der Waals surface area contributed by atoms with Gasteiger partial charge in [-0.2, -0.15) is 0 Å². The SMILES string of the molecule is C[C@H]1CC(=O)c2cnc(N3CC[NH+](Cc4ccccc4)CC3)nc2C1. The van der Waals surface area contributed by atoms with Crippen LogP contribution >= 0.6 is 0 Å². The molecule has 1 aliphatic carbocycles. The number of rotatable bonds is 3. The fraction of sp³-hybridized carbons (Fsp3) is 0.450. The molecule has 1 aromatic carbocycles. The minimum absolute atomic E-state index is 0.192. The number of nitrogens with zero attached hydrogens (tertiary/aromatic N) is 3. The molecule has 1 aromatic heterocycles. The summed E-state index contributed by atoms with van der Waals surface area (Å²) < 4.78 is 0. The van der Waals surface area contributed by atoms with Gasteiger partial charge in [-0.25, -0.2) is 9.97 Å². The molecule has 4 rings (SSSR count). The fourth-order valence-corrected chi connectivity index (χ4v) is 3.86. The molecule has 5 heteroatoms. The minimum atomic E-state index is 0.192. The lowest BCUT2D eigenvalue weighted by Gasteiger charge is -2.32. The average Bonchev–Trinajstić information content (AvgIpc) is 2.62. The molecule has 0 radical (unpaired) electrons. The standard InChI is InChI=1S/C20H24N4O/c1-15-11-18-17(19(25)12-15)13-21-20(22-18)24-9-7-23(8-10-24)14-16-5-3-2-4-6-16/h2-6,13,15H,7-12,14H2,1H3/p+1/t15-/m1/s1. The molecule has 130 valence electrons. The summed E-state index contributed by atoms with van der Waals surface area (Å²) in [6, 6.07) is 10.7. The highest BCUT2D eigenvalue weighted by atomic mass is 16.1. The van der Waals surface area contributed by atoms with E-state index < -0.39 is 0 Å². The Morgan fingerprint density at radius 1 is 1.16 bits per heavy atom. The first kappa shape index (κ1) is 16.2. The Labute approximate surface area is 148 Å². The summed E-state index contributed by atoms with van der Waals surface area (Å²) >= 11 is 0. The van der Waals surface area contributed by atoms with E-state index in [1.165, 1.54) is 5.56 Å². The summed E-state index contributed by atoms with van der Waals surface area (Å²) in [5.41, 5.74) is 3.06. The largest absolute Gasteiger partial charge is 0.330 e. The van der Waals surface area contributed by atoms with Gasteiger partial charge < -0.3 is 9.80 Å². The highest BCUT2D eigenvalue weighted by molar-refractivity contribution is 5.98. The number of Topliss-reactive ketones (excluding diaryl/α,β-unsaturated/α-hetero) is 1. The van der Waals surface area contributed by atoms with Gasteiger partial charge in [0, 0.05) is 18.2 Å². The number of quaternary nitrogens is 1. The van der Waals surface area contributed by atoms with Crippen molar-refractivity contribution in [2.24, 2.45) is 5.92 Å². The Balaban J connectivity index is 1.41. The molecule has 2 aliphatic rings. The molecule has 0 spiro atoms. The van der Waals surface area contributed by atoms with Crippen molar-refractivity contribution in [3.8, 4) is 0 Å². The number of anilines is 1. The van der Waals surface area contributed by atoms with Crippen LogP contribution in [-0.4, -0.2) is 41.9 Å². The van der Waals surface area contributed by atoms with E-state index in [1.54, 1.807) is 11.1 Å². The predicted molar refractivity (Wildman–Crippen MR) is 96.9 cm³/mol. The molecule has 1 fully saturated rings. The van der Waals surface area contributed by atoms with E-state index in [1.807, 2.05) is 0 Å². The van der Waals surface area contributed by atoms with Gasteiger partial charge in [-0.3, -0.25) is 4.79 Å². The van der Waals surface area contributed by atoms with E-state index >= 15 is 0 Å². The first-order chi connectivity index (χ1) is 12.2. The molecule has 0 bridgehead atoms. The summed E-state index contributed by atoms with van der Waals surface area (Å²) in [5.74, 6) is 1.37. The van der Waals surface area contributed by atoms with Crippen molar-refractivity contribution in [3.05, 3.63) is 53.3 Å². The van der Waals surface area contributed by atoms with Crippen molar-refractivity contribution in [3.63, 3.8) is 0 Å². The van der Waals surface area contributed by atoms with Gasteiger partial charge >= 0.3 is 0 Å². The number of ketones is 1. The van der Waals surface area contributed by atoms with E-state index in [0.717, 1.165) is 56.4 Å². The molecular weight excluding hydrogens is 312 g/mol. The Morgan fingerprint density at radius 2 is 1.92 bits per heavy atom. The molecule has 1 atom stereocenters. The molecule has 2 aromatic rings. The molecule has 1 saturated heterocycles. The van der Waals surface area contributed by atoms with Crippen LogP contribution in [0, 0.1) is 5.92 Å². The molecule has 2 heterocycles. The lowest BCUT2D eigenvalue weighted by Crippen LogP contribution is -3.13. The van der Waals surface area contributed by atoms with Gasteiger partial charge in [0.05, 0.1) is 37.4 Å². The topological polar surface area (TPSA) is 50.5 Å². The van der Waals surface area contributed by atoms with E-state index in [-0.39, 0.29) is 5.78 Å². The average molecular weight is 337 g/mol. The third-order valence-corrected chi connectivity index (χ3v) is 5.28. The number of carbonyl (C=O) groups excluding carboxylic acids is 1. The fourth-order valence-electron chi connectivity index (χ4n) is 3.86. The van der Waals surface area contributed by atoms with Crippen LogP contribution in [0.4, 0.5) is 5.95 Å². The van der Waals surface area contributed by atoms with Gasteiger partial charge in [-0.1, -0.05) is 37.3 Å². The minimum Gasteiger partial charge on any atom is -0.330 e. The normalized spacial score (nSPS) is 21.2. The molecular formula is C20H25N4O+. The predicted octanol–water partition coefficient (Wildman–Crippen LogP) is 1.15. The van der Waals surface area contributed by atoms with Gasteiger partial charge in [0.25, 0.3) is 0 Å². The van der Waals surface area contributed by atoms with Crippen LogP contribution in [0.25, 0.3) is 0 Å². The first-order valence-corrected chi connectivity index (χ1v) is 9.20. The highest BCUT2D eigenvalue weighted by Crippen LogP contribution is 2.24. The molecule has 1 N–H and O–H groups in total. The second kappa shape index (κ2) is 6.92. The van der Waals surface area contributed by atoms with Gasteiger partial charge in [0.2, 0.25) is 5.95 Å². The monoisotopic (exact) mass is 337 g/mol. The summed E-state index contributed by atoms with van der Waals surface area (Å²) in [4.78, 5) is 25.2. The summed E-state index contributed by atoms with van der Waals surface area (Å²) in [5, 5.41) is 0. The highest BCUT2D eigenvalue weighted by Gasteiger charge is 2.27. The quantitative estimate of drug-likeness (QED) is 0.913. The maximum absolute atomic E-state index is 12.1. The van der Waals surface area contributed by atoms with E-state index in [4.69, 9.17) is 4.98 Å². The maximum atomic E-state index is 12.1. The molecule has 0 amide bonds. The Hall–Kier alpha value is -2.27. The smallest absolute Gasteiger partial charge is 0.225 e. The van der Waals surface area contributed by atoms with Crippen molar-refractivity contribution >= 4 is 11.7 Å². The van der Waals surface area contributed by atoms with Crippen molar-refractivity contribution < 1.29 is 9.69 Å². The van der Waals surface area contributed by atoms with Crippen molar-refractivity contribution in [2.45, 2.75) is 26.3 Å². The Bertz CT molecular complexity index is 754. The summed E-state index contributed by atoms with van der Waals surface area (Å²) in [6.07, 6.45) is 3.25. The molecule has 5 nitrogen and oxygen atoms in total. The summed E-state index contributed by atoms with van der Waals surface area (Å²) in [7, 11) is 0. The molecule has 0 unspecified atom stereocenters. The van der Waals surface area contributed by atoms with Crippen molar-refractivity contribution in [1.82, 2.24) is 9.97 Å². The number of benzene rings is 1. The number of piperazine rings is 1. The number of hydrogen-bond acceptors (Lipinski definition) is 4. The molecule has 0 saturated carbocycles. The Morgan fingerprint density at radius 3 is 2.68 bits per heavy atom. The second-order valence-electron chi connectivity index (χ2n) is 7.37. The lowest BCUT2D eigenvalue weighted by atomic mass is 9.88. The van der Waals surface area contributed by atoms with Gasteiger partial charge in [-0.15, -0.1) is 0 Å². The van der Waals surface area contributed by atoms with Crippen LogP contribution in [0.5, 0.6) is 0 Å². The lowest BCUT2D eigenvalue weighted by molar-refractivity contribution is -0.914. The zero-order valence-corrected chi connectivity index (χ0v) is 14.7. The van der Waals surface area contributed by atoms with Gasteiger partial charge in [-0.05, 0) is 12.3 Å². The van der Waals surface area contributed by atoms with Crippen LogP contribution in [0.15, 0.2) is 36.5 Å². The number of fused-ring (bicyclic) bond motifs is 1. The van der Waals surface area contributed by atoms with Crippen LogP contribution in [0.1, 0.15) is 35.0 Å². The third-order valence-electron chi connectivity index (χ3n) is 5.28. The van der Waals surface area contributed by atoms with E-state index in [0.29, 0.717) is 12.3 Å². The van der Waals surface area contributed by atoms with Gasteiger partial charge in [0.15, 0.2) is 5.78 Å². The van der Waals surface area contributed by atoms with Crippen molar-refractivity contribution in [2.75, 3.05) is 31.1 Å². The number of nitrogens with one attached hydrogen (secondary N) is 1. The zero-order valence-electron chi connectivity index (χ0n) is 14.7. The number of aromatic nitrogens is 2. The zero-order chi connectivity index (χ0) is 17.2. The van der Waals surface area contributed by atoms with E-state index in [2.05, 4.69) is 47.1 Å². The van der Waals surface area contributed by atoms with Crippen LogP contribution in [-0.2, 0) is 13.0 Å². The van der Waals surface area contributed by atoms with Crippen LogP contribution < -0.4 is 9.80 Å². The molecule has 25 heavy (non-hydrogen) atoms. The van der Waals surface area contributed by atoms with Crippen molar-refractivity contribution in [1.29, 1.82) is 0 Å². The number of hydrogen-bond donors (Lipinski definition) is 1. The Kier molecular flexibility index (Phi) is 4.49. The maximum Gasteiger partial charge on any atom is 0.225 e. The summed E-state index contributed by atoms with van der Waals surface area (Å²) in [6.45, 7) is 7.30. The van der Waals surface area contributed by atoms with Crippen LogP contribution in [0.2, 0.25) is 0 Å².